The van der Waals surface area contributed by atoms with Crippen LogP contribution in [0, 0.1) is 5.82 Å². The quantitative estimate of drug-likeness (QED) is 0.442. The molecule has 1 fully saturated rings. The van der Waals surface area contributed by atoms with Gasteiger partial charge in [0.15, 0.2) is 5.11 Å². The lowest BCUT2D eigenvalue weighted by molar-refractivity contribution is -0.124. The molecule has 0 radical (unpaired) electrons. The van der Waals surface area contributed by atoms with Crippen LogP contribution in [-0.2, 0) is 16.1 Å². The summed E-state index contributed by atoms with van der Waals surface area (Å²) in [6.07, 6.45) is -0.125. The minimum absolute atomic E-state index is 0.125. The summed E-state index contributed by atoms with van der Waals surface area (Å²) < 4.78 is 13.4. The first kappa shape index (κ1) is 23.2. The van der Waals surface area contributed by atoms with Crippen LogP contribution in [0.1, 0.15) is 12.0 Å². The molecule has 0 aliphatic carbocycles. The maximum atomic E-state index is 13.4. The number of carbonyl (C=O) groups excluding carboxylic acids is 2. The van der Waals surface area contributed by atoms with E-state index in [1.54, 1.807) is 65.6 Å². The Morgan fingerprint density at radius 3 is 2.36 bits per heavy atom. The number of hydrogen-bond acceptors (Lipinski definition) is 3. The average Bonchev–Trinajstić information content (AvgIpc) is 3.00. The summed E-state index contributed by atoms with van der Waals surface area (Å²) in [7, 11) is 0. The van der Waals surface area contributed by atoms with Crippen molar-refractivity contribution in [3.05, 3.63) is 94.2 Å². The molecule has 5 nitrogen and oxygen atoms in total. The monoisotopic (exact) mass is 501 g/mol. The lowest BCUT2D eigenvalue weighted by Gasteiger charge is -2.24. The SMILES string of the molecule is O=C(CC1C(=O)N(c2cccc(Cl)c2)C(=S)N1Cc1ccc(F)cc1)Nc1ccc(Cl)cc1. The van der Waals surface area contributed by atoms with E-state index in [9.17, 15) is 14.0 Å². The van der Waals surface area contributed by atoms with Crippen molar-refractivity contribution in [3.8, 4) is 0 Å². The summed E-state index contributed by atoms with van der Waals surface area (Å²) >= 11 is 17.6. The highest BCUT2D eigenvalue weighted by molar-refractivity contribution is 7.80. The third-order valence-corrected chi connectivity index (χ3v) is 6.06. The minimum atomic E-state index is -0.839. The van der Waals surface area contributed by atoms with Gasteiger partial charge < -0.3 is 10.2 Å². The number of amides is 2. The van der Waals surface area contributed by atoms with Gasteiger partial charge in [-0.25, -0.2) is 4.39 Å². The first-order valence-electron chi connectivity index (χ1n) is 10.0. The van der Waals surface area contributed by atoms with Gasteiger partial charge in [-0.2, -0.15) is 0 Å². The number of nitrogens with zero attached hydrogens (tertiary/aromatic N) is 2. The van der Waals surface area contributed by atoms with Crippen LogP contribution in [0.3, 0.4) is 0 Å². The maximum Gasteiger partial charge on any atom is 0.256 e. The van der Waals surface area contributed by atoms with Crippen molar-refractivity contribution < 1.29 is 14.0 Å². The number of halogens is 3. The van der Waals surface area contributed by atoms with E-state index < -0.39 is 6.04 Å². The van der Waals surface area contributed by atoms with Gasteiger partial charge in [-0.1, -0.05) is 41.4 Å². The first-order chi connectivity index (χ1) is 15.8. The van der Waals surface area contributed by atoms with Gasteiger partial charge in [0.2, 0.25) is 5.91 Å². The topological polar surface area (TPSA) is 52.7 Å². The van der Waals surface area contributed by atoms with E-state index in [1.165, 1.54) is 17.0 Å². The largest absolute Gasteiger partial charge is 0.332 e. The summed E-state index contributed by atoms with van der Waals surface area (Å²) in [6, 6.07) is 18.5. The predicted molar refractivity (Wildman–Crippen MR) is 132 cm³/mol. The minimum Gasteiger partial charge on any atom is -0.332 e. The van der Waals surface area contributed by atoms with Crippen LogP contribution >= 0.6 is 35.4 Å². The van der Waals surface area contributed by atoms with Crippen LogP contribution in [-0.4, -0.2) is 27.9 Å². The molecule has 0 aromatic heterocycles. The Hall–Kier alpha value is -3.00. The van der Waals surface area contributed by atoms with Crippen molar-refractivity contribution in [2.24, 2.45) is 0 Å². The van der Waals surface area contributed by atoms with Crippen LogP contribution in [0.2, 0.25) is 10.0 Å². The molecule has 1 aliphatic heterocycles. The summed E-state index contributed by atoms with van der Waals surface area (Å²) in [6.45, 7) is 0.237. The number of carbonyl (C=O) groups is 2. The fourth-order valence-corrected chi connectivity index (χ4v) is 4.27. The molecule has 2 amide bonds. The molecule has 0 saturated carbocycles. The van der Waals surface area contributed by atoms with E-state index >= 15 is 0 Å². The van der Waals surface area contributed by atoms with Crippen molar-refractivity contribution in [3.63, 3.8) is 0 Å². The van der Waals surface area contributed by atoms with Crippen LogP contribution in [0.4, 0.5) is 15.8 Å². The zero-order valence-corrected chi connectivity index (χ0v) is 19.5. The molecule has 3 aromatic carbocycles. The molecule has 1 atom stereocenters. The highest BCUT2D eigenvalue weighted by Crippen LogP contribution is 2.30. The van der Waals surface area contributed by atoms with Crippen LogP contribution in [0.25, 0.3) is 0 Å². The van der Waals surface area contributed by atoms with E-state index in [2.05, 4.69) is 5.32 Å². The molecule has 4 rings (SSSR count). The molecular formula is C24H18Cl2FN3O2S. The normalized spacial score (nSPS) is 15.8. The third kappa shape index (κ3) is 5.33. The average molecular weight is 502 g/mol. The van der Waals surface area contributed by atoms with E-state index in [0.29, 0.717) is 21.4 Å². The predicted octanol–water partition coefficient (Wildman–Crippen LogP) is 5.66. The highest BCUT2D eigenvalue weighted by Gasteiger charge is 2.44. The molecule has 9 heteroatoms. The van der Waals surface area contributed by atoms with Gasteiger partial charge in [0.25, 0.3) is 5.91 Å². The molecule has 1 aliphatic rings. The second kappa shape index (κ2) is 9.87. The first-order valence-corrected chi connectivity index (χ1v) is 11.2. The van der Waals surface area contributed by atoms with Gasteiger partial charge in [-0.15, -0.1) is 0 Å². The number of benzene rings is 3. The molecule has 0 spiro atoms. The van der Waals surface area contributed by atoms with Crippen molar-refractivity contribution >= 4 is 63.7 Å². The van der Waals surface area contributed by atoms with Crippen molar-refractivity contribution in [1.82, 2.24) is 4.90 Å². The van der Waals surface area contributed by atoms with Gasteiger partial charge in [0.1, 0.15) is 11.9 Å². The summed E-state index contributed by atoms with van der Waals surface area (Å²) in [5.41, 5.74) is 1.83. The Morgan fingerprint density at radius 2 is 1.70 bits per heavy atom. The fraction of sp³-hybridized carbons (Fsp3) is 0.125. The maximum absolute atomic E-state index is 13.4. The number of nitrogens with one attached hydrogen (secondary N) is 1. The molecule has 1 unspecified atom stereocenters. The van der Waals surface area contributed by atoms with Crippen molar-refractivity contribution in [1.29, 1.82) is 0 Å². The Labute approximate surface area is 205 Å². The van der Waals surface area contributed by atoms with E-state index in [0.717, 1.165) is 5.56 Å². The number of rotatable bonds is 6. The highest BCUT2D eigenvalue weighted by atomic mass is 35.5. The Bertz CT molecular complexity index is 1210. The number of hydrogen-bond donors (Lipinski definition) is 1. The van der Waals surface area contributed by atoms with Gasteiger partial charge in [0, 0.05) is 22.3 Å². The summed E-state index contributed by atoms with van der Waals surface area (Å²) in [4.78, 5) is 29.3. The standard InChI is InChI=1S/C24H18Cl2FN3O2S/c25-16-6-10-19(11-7-16)28-22(31)13-21-23(32)30(20-3-1-2-17(26)12-20)24(33)29(21)14-15-4-8-18(27)9-5-15/h1-12,21H,13-14H2,(H,28,31). The molecule has 3 aromatic rings. The zero-order valence-electron chi connectivity index (χ0n) is 17.2. The molecule has 0 bridgehead atoms. The van der Waals surface area contributed by atoms with E-state index in [1.807, 2.05) is 0 Å². The second-order valence-electron chi connectivity index (χ2n) is 7.47. The Balaban J connectivity index is 1.60. The Morgan fingerprint density at radius 1 is 1.00 bits per heavy atom. The molecule has 33 heavy (non-hydrogen) atoms. The van der Waals surface area contributed by atoms with Crippen LogP contribution in [0.5, 0.6) is 0 Å². The van der Waals surface area contributed by atoms with Crippen molar-refractivity contribution in [2.45, 2.75) is 19.0 Å². The second-order valence-corrected chi connectivity index (χ2v) is 8.70. The lowest BCUT2D eigenvalue weighted by atomic mass is 10.1. The molecule has 1 N–H and O–H groups in total. The third-order valence-electron chi connectivity index (χ3n) is 5.16. The summed E-state index contributed by atoms with van der Waals surface area (Å²) in [5, 5.41) is 4.03. The molecule has 1 saturated heterocycles. The molecule has 1 heterocycles. The number of anilines is 2. The van der Waals surface area contributed by atoms with E-state index in [-0.39, 0.29) is 35.7 Å². The van der Waals surface area contributed by atoms with Crippen LogP contribution in [0.15, 0.2) is 72.8 Å². The van der Waals surface area contributed by atoms with Gasteiger partial charge in [0.05, 0.1) is 12.1 Å². The Kier molecular flexibility index (Phi) is 6.93. The smallest absolute Gasteiger partial charge is 0.256 e. The van der Waals surface area contributed by atoms with Gasteiger partial charge in [-0.05, 0) is 72.4 Å². The van der Waals surface area contributed by atoms with Gasteiger partial charge >= 0.3 is 0 Å². The lowest BCUT2D eigenvalue weighted by Crippen LogP contribution is -2.37. The molecule has 168 valence electrons. The van der Waals surface area contributed by atoms with Gasteiger partial charge in [-0.3, -0.25) is 14.5 Å². The number of thiocarbonyl (C=S) groups is 1. The van der Waals surface area contributed by atoms with Crippen molar-refractivity contribution in [2.75, 3.05) is 10.2 Å². The fourth-order valence-electron chi connectivity index (χ4n) is 3.57. The summed E-state index contributed by atoms with van der Waals surface area (Å²) in [5.74, 6) is -1.05. The van der Waals surface area contributed by atoms with E-state index in [4.69, 9.17) is 35.4 Å². The van der Waals surface area contributed by atoms with Crippen LogP contribution < -0.4 is 10.2 Å². The zero-order chi connectivity index (χ0) is 23.5. The molecular weight excluding hydrogens is 484 g/mol.